The van der Waals surface area contributed by atoms with Crippen molar-refractivity contribution in [1.82, 2.24) is 5.32 Å². The van der Waals surface area contributed by atoms with E-state index in [1.54, 1.807) is 0 Å². The molecule has 170 valence electrons. The lowest BCUT2D eigenvalue weighted by Gasteiger charge is -2.17. The summed E-state index contributed by atoms with van der Waals surface area (Å²) in [5, 5.41) is 12.1. The van der Waals surface area contributed by atoms with Gasteiger partial charge < -0.3 is 15.2 Å². The summed E-state index contributed by atoms with van der Waals surface area (Å²) in [6.45, 7) is 2.22. The number of rotatable bonds is 9. The molecule has 3 aromatic rings. The van der Waals surface area contributed by atoms with Gasteiger partial charge in [-0.25, -0.2) is 9.59 Å². The monoisotopic (exact) mass is 443 g/mol. The Morgan fingerprint density at radius 2 is 1.52 bits per heavy atom. The van der Waals surface area contributed by atoms with E-state index in [2.05, 4.69) is 60.8 Å². The Kier molecular flexibility index (Phi) is 7.08. The quantitative estimate of drug-likeness (QED) is 0.416. The van der Waals surface area contributed by atoms with Crippen LogP contribution in [0.25, 0.3) is 11.1 Å². The number of benzene rings is 3. The van der Waals surface area contributed by atoms with Crippen molar-refractivity contribution in [3.8, 4) is 11.1 Å². The zero-order chi connectivity index (χ0) is 23.2. The standard InChI is InChI=1S/C28H29NO4/c1-19-14-16-20(17-15-19)8-2-7-13-26(27(30)31)29-28(32)33-18-25-23-11-5-3-9-21(23)22-10-4-6-12-24(22)25/h3-6,9-12,14-17,25-26H,2,7-8,13,18H2,1H3,(H,29,32)(H,30,31)/t26-/m0/s1. The molecule has 0 fully saturated rings. The third kappa shape index (κ3) is 5.43. The Hall–Kier alpha value is -3.60. The first-order chi connectivity index (χ1) is 16.0. The summed E-state index contributed by atoms with van der Waals surface area (Å²) in [5.74, 6) is -1.10. The van der Waals surface area contributed by atoms with Crippen molar-refractivity contribution in [2.75, 3.05) is 6.61 Å². The zero-order valence-electron chi connectivity index (χ0n) is 18.8. The van der Waals surface area contributed by atoms with Crippen LogP contribution < -0.4 is 5.32 Å². The van der Waals surface area contributed by atoms with E-state index in [0.29, 0.717) is 12.8 Å². The predicted molar refractivity (Wildman–Crippen MR) is 128 cm³/mol. The second-order valence-corrected chi connectivity index (χ2v) is 8.59. The maximum atomic E-state index is 12.4. The average molecular weight is 444 g/mol. The molecule has 0 aromatic heterocycles. The summed E-state index contributed by atoms with van der Waals surface area (Å²) < 4.78 is 5.49. The van der Waals surface area contributed by atoms with E-state index in [-0.39, 0.29) is 12.5 Å². The normalized spacial score (nSPS) is 13.1. The number of hydrogen-bond acceptors (Lipinski definition) is 3. The Morgan fingerprint density at radius 3 is 2.12 bits per heavy atom. The van der Waals surface area contributed by atoms with E-state index in [0.717, 1.165) is 35.1 Å². The lowest BCUT2D eigenvalue weighted by molar-refractivity contribution is -0.139. The van der Waals surface area contributed by atoms with Crippen molar-refractivity contribution < 1.29 is 19.4 Å². The van der Waals surface area contributed by atoms with E-state index in [1.807, 2.05) is 24.3 Å². The van der Waals surface area contributed by atoms with Crippen LogP contribution in [0.3, 0.4) is 0 Å². The summed E-state index contributed by atoms with van der Waals surface area (Å²) in [5.41, 5.74) is 7.00. The first-order valence-corrected chi connectivity index (χ1v) is 11.4. The maximum Gasteiger partial charge on any atom is 0.407 e. The van der Waals surface area contributed by atoms with Crippen molar-refractivity contribution in [3.05, 3.63) is 95.1 Å². The van der Waals surface area contributed by atoms with Gasteiger partial charge in [0.25, 0.3) is 0 Å². The summed E-state index contributed by atoms with van der Waals surface area (Å²) in [4.78, 5) is 24.1. The molecule has 0 saturated heterocycles. The number of nitrogens with one attached hydrogen (secondary N) is 1. The van der Waals surface area contributed by atoms with Gasteiger partial charge in [0.2, 0.25) is 0 Å². The molecule has 1 amide bonds. The molecule has 1 aliphatic rings. The number of unbranched alkanes of at least 4 members (excludes halogenated alkanes) is 1. The molecule has 33 heavy (non-hydrogen) atoms. The topological polar surface area (TPSA) is 75.6 Å². The van der Waals surface area contributed by atoms with Gasteiger partial charge in [0.15, 0.2) is 0 Å². The first-order valence-electron chi connectivity index (χ1n) is 11.4. The first kappa shape index (κ1) is 22.6. The Balaban J connectivity index is 1.29. The van der Waals surface area contributed by atoms with E-state index >= 15 is 0 Å². The van der Waals surface area contributed by atoms with Crippen LogP contribution in [-0.4, -0.2) is 29.8 Å². The van der Waals surface area contributed by atoms with Crippen LogP contribution in [0.15, 0.2) is 72.8 Å². The van der Waals surface area contributed by atoms with Crippen LogP contribution in [0.4, 0.5) is 4.79 Å². The van der Waals surface area contributed by atoms with Gasteiger partial charge in [-0.2, -0.15) is 0 Å². The highest BCUT2D eigenvalue weighted by Gasteiger charge is 2.29. The smallest absolute Gasteiger partial charge is 0.407 e. The highest BCUT2D eigenvalue weighted by molar-refractivity contribution is 5.81. The third-order valence-electron chi connectivity index (χ3n) is 6.26. The van der Waals surface area contributed by atoms with Crippen LogP contribution in [0.5, 0.6) is 0 Å². The Morgan fingerprint density at radius 1 is 0.909 bits per heavy atom. The summed E-state index contributed by atoms with van der Waals surface area (Å²) in [6, 6.07) is 23.6. The lowest BCUT2D eigenvalue weighted by atomic mass is 9.98. The number of amides is 1. The molecular formula is C28H29NO4. The fraction of sp³-hybridized carbons (Fsp3) is 0.286. The molecule has 0 spiro atoms. The van der Waals surface area contributed by atoms with E-state index in [9.17, 15) is 14.7 Å². The van der Waals surface area contributed by atoms with E-state index in [1.165, 1.54) is 11.1 Å². The van der Waals surface area contributed by atoms with Crippen LogP contribution in [0, 0.1) is 6.92 Å². The summed E-state index contributed by atoms with van der Waals surface area (Å²) in [6.07, 6.45) is 2.12. The van der Waals surface area contributed by atoms with Gasteiger partial charge in [0, 0.05) is 5.92 Å². The van der Waals surface area contributed by atoms with Crippen molar-refractivity contribution in [2.45, 2.75) is 44.6 Å². The molecule has 0 bridgehead atoms. The highest BCUT2D eigenvalue weighted by atomic mass is 16.5. The highest BCUT2D eigenvalue weighted by Crippen LogP contribution is 2.44. The van der Waals surface area contributed by atoms with Gasteiger partial charge >= 0.3 is 12.1 Å². The van der Waals surface area contributed by atoms with Crippen LogP contribution >= 0.6 is 0 Å². The van der Waals surface area contributed by atoms with E-state index < -0.39 is 18.1 Å². The number of aliphatic carboxylic acids is 1. The van der Waals surface area contributed by atoms with Crippen LogP contribution in [0.2, 0.25) is 0 Å². The number of alkyl carbamates (subject to hydrolysis) is 1. The number of carbonyl (C=O) groups is 2. The number of ether oxygens (including phenoxy) is 1. The number of fused-ring (bicyclic) bond motifs is 3. The number of carboxylic acid groups (broad SMARTS) is 1. The van der Waals surface area contributed by atoms with Gasteiger partial charge in [0.05, 0.1) is 0 Å². The molecule has 0 radical (unpaired) electrons. The molecule has 3 aromatic carbocycles. The number of carboxylic acids is 1. The lowest BCUT2D eigenvalue weighted by Crippen LogP contribution is -2.41. The summed E-state index contributed by atoms with van der Waals surface area (Å²) in [7, 11) is 0. The van der Waals surface area contributed by atoms with Crippen molar-refractivity contribution in [3.63, 3.8) is 0 Å². The third-order valence-corrected chi connectivity index (χ3v) is 6.26. The minimum atomic E-state index is -1.04. The van der Waals surface area contributed by atoms with Crippen LogP contribution in [-0.2, 0) is 16.0 Å². The largest absolute Gasteiger partial charge is 0.480 e. The van der Waals surface area contributed by atoms with Crippen LogP contribution in [0.1, 0.15) is 47.4 Å². The average Bonchev–Trinajstić information content (AvgIpc) is 3.14. The number of carbonyl (C=O) groups excluding carboxylic acids is 1. The molecule has 0 saturated carbocycles. The van der Waals surface area contributed by atoms with Gasteiger partial charge in [-0.1, -0.05) is 84.8 Å². The molecule has 5 nitrogen and oxygen atoms in total. The molecule has 0 aliphatic heterocycles. The van der Waals surface area contributed by atoms with Crippen molar-refractivity contribution in [1.29, 1.82) is 0 Å². The molecule has 4 rings (SSSR count). The SMILES string of the molecule is Cc1ccc(CCCC[C@H](NC(=O)OCC2c3ccccc3-c3ccccc32)C(=O)O)cc1. The molecule has 5 heteroatoms. The Bertz CT molecular complexity index is 1080. The number of aryl methyl sites for hydroxylation is 2. The second-order valence-electron chi connectivity index (χ2n) is 8.59. The molecule has 1 aliphatic carbocycles. The fourth-order valence-corrected chi connectivity index (χ4v) is 4.47. The molecule has 1 atom stereocenters. The second kappa shape index (κ2) is 10.3. The fourth-order valence-electron chi connectivity index (χ4n) is 4.47. The van der Waals surface area contributed by atoms with Gasteiger partial charge in [-0.05, 0) is 54.0 Å². The minimum Gasteiger partial charge on any atom is -0.480 e. The molecular weight excluding hydrogens is 414 g/mol. The zero-order valence-corrected chi connectivity index (χ0v) is 18.8. The van der Waals surface area contributed by atoms with Crippen molar-refractivity contribution >= 4 is 12.1 Å². The summed E-state index contributed by atoms with van der Waals surface area (Å²) >= 11 is 0. The molecule has 0 heterocycles. The molecule has 0 unspecified atom stereocenters. The van der Waals surface area contributed by atoms with Gasteiger partial charge in [-0.3, -0.25) is 0 Å². The molecule has 2 N–H and O–H groups in total. The van der Waals surface area contributed by atoms with Gasteiger partial charge in [0.1, 0.15) is 12.6 Å². The number of hydrogen-bond donors (Lipinski definition) is 2. The minimum absolute atomic E-state index is 0.0547. The van der Waals surface area contributed by atoms with Crippen molar-refractivity contribution in [2.24, 2.45) is 0 Å². The maximum absolute atomic E-state index is 12.4. The van der Waals surface area contributed by atoms with E-state index in [4.69, 9.17) is 4.74 Å². The Labute approximate surface area is 194 Å². The predicted octanol–water partition coefficient (Wildman–Crippen LogP) is 5.70. The van der Waals surface area contributed by atoms with Gasteiger partial charge in [-0.15, -0.1) is 0 Å².